The second kappa shape index (κ2) is 15.3. The Balaban J connectivity index is 1.18. The fraction of sp³-hybridized carbons (Fsp3) is 0.240. The Kier molecular flexibility index (Phi) is 10.7. The van der Waals surface area contributed by atoms with Gasteiger partial charge in [0.05, 0.1) is 11.1 Å². The van der Waals surface area contributed by atoms with Gasteiger partial charge in [0.1, 0.15) is 0 Å². The second-order valence-corrected chi connectivity index (χ2v) is 21.0. The van der Waals surface area contributed by atoms with Gasteiger partial charge in [0.15, 0.2) is 0 Å². The van der Waals surface area contributed by atoms with E-state index < -0.39 is 73.1 Å². The molecule has 4 aromatic heterocycles. The van der Waals surface area contributed by atoms with Gasteiger partial charge in [0.2, 0.25) is 0 Å². The molecular weight excluding hydrogens is 957 g/mol. The minimum atomic E-state index is -5.81. The SMILES string of the molecule is Cc1cc(-c2ccccc2)sc1C1=C(c2sc(-c3cccc(-c4sc(C)c(C5=C(c6c(C)sc(-c7ccccc7)c6C)C(F)(F)C(F)(F)C5(F)F)c4C)c3)cc2C)C(F)(F)C(F)(F)C1(F)F. The summed E-state index contributed by atoms with van der Waals surface area (Å²) in [6.07, 6.45) is 0. The summed E-state index contributed by atoms with van der Waals surface area (Å²) in [6, 6.07) is 26.0. The average Bonchev–Trinajstić information content (AvgIpc) is 4.03. The Bertz CT molecular complexity index is 3160. The van der Waals surface area contributed by atoms with Crippen LogP contribution in [0.1, 0.15) is 52.9 Å². The highest BCUT2D eigenvalue weighted by Gasteiger charge is 2.82. The second-order valence-electron chi connectivity index (χ2n) is 16.5. The Labute approximate surface area is 387 Å². The molecule has 0 nitrogen and oxygen atoms in total. The van der Waals surface area contributed by atoms with Crippen molar-refractivity contribution in [1.29, 1.82) is 0 Å². The summed E-state index contributed by atoms with van der Waals surface area (Å²) in [5.74, 6) is -32.8. The first-order valence-electron chi connectivity index (χ1n) is 20.2. The van der Waals surface area contributed by atoms with Crippen molar-refractivity contribution >= 4 is 67.6 Å². The van der Waals surface area contributed by atoms with Crippen LogP contribution in [0.4, 0.5) is 52.7 Å². The maximum absolute atomic E-state index is 16.3. The minimum Gasteiger partial charge on any atom is -0.194 e. The number of hydrogen-bond acceptors (Lipinski definition) is 4. The summed E-state index contributed by atoms with van der Waals surface area (Å²) < 4.78 is 191. The van der Waals surface area contributed by atoms with E-state index in [2.05, 4.69) is 0 Å². The molecule has 4 heterocycles. The number of rotatable bonds is 8. The number of allylic oxidation sites excluding steroid dienone is 4. The van der Waals surface area contributed by atoms with Gasteiger partial charge in [-0.1, -0.05) is 78.9 Å². The van der Waals surface area contributed by atoms with Crippen LogP contribution in [0.25, 0.3) is 64.1 Å². The predicted octanol–water partition coefficient (Wildman–Crippen LogP) is 18.1. The minimum absolute atomic E-state index is 0.00163. The van der Waals surface area contributed by atoms with Crippen LogP contribution < -0.4 is 0 Å². The van der Waals surface area contributed by atoms with Gasteiger partial charge in [0, 0.05) is 61.3 Å². The molecule has 66 heavy (non-hydrogen) atoms. The lowest BCUT2D eigenvalue weighted by molar-refractivity contribution is -0.254. The standard InChI is InChI=1S/C50H34F12S4/c1-23-20-33(29-14-9-7-10-15-29)65-41(23)39-40(48(57,58)50(61,62)47(39,55)56)42-24(2)21-34(66-42)31-18-13-19-32(22-31)44-26(4)36(28(6)64-44)38-37(45(51,52)49(59,60)46(38,53)54)35-25(3)43(63-27(35)5)30-16-11-8-12-17-30/h7-22H,1-6H3. The quantitative estimate of drug-likeness (QED) is 0.133. The summed E-state index contributed by atoms with van der Waals surface area (Å²) in [5.41, 5.74) is -4.76. The van der Waals surface area contributed by atoms with Gasteiger partial charge in [-0.3, -0.25) is 0 Å². The molecule has 0 aliphatic heterocycles. The van der Waals surface area contributed by atoms with Crippen LogP contribution in [0, 0.1) is 41.5 Å². The van der Waals surface area contributed by atoms with Crippen LogP contribution in [0.15, 0.2) is 97.1 Å². The molecule has 0 N–H and O–H groups in total. The van der Waals surface area contributed by atoms with Crippen molar-refractivity contribution in [2.45, 2.75) is 77.1 Å². The van der Waals surface area contributed by atoms with Crippen molar-refractivity contribution in [3.8, 4) is 41.8 Å². The molecule has 0 spiro atoms. The zero-order valence-corrected chi connectivity index (χ0v) is 38.7. The molecule has 0 saturated heterocycles. The summed E-state index contributed by atoms with van der Waals surface area (Å²) in [4.78, 5) is 0.593. The van der Waals surface area contributed by atoms with Crippen molar-refractivity contribution in [2.75, 3.05) is 0 Å². The smallest absolute Gasteiger partial charge is 0.194 e. The molecule has 2 aliphatic rings. The zero-order chi connectivity index (χ0) is 47.8. The van der Waals surface area contributed by atoms with Crippen LogP contribution in [0.3, 0.4) is 0 Å². The first-order chi connectivity index (χ1) is 30.8. The van der Waals surface area contributed by atoms with E-state index in [4.69, 9.17) is 0 Å². The number of benzene rings is 3. The molecule has 2 aliphatic carbocycles. The van der Waals surface area contributed by atoms with E-state index in [0.29, 0.717) is 54.7 Å². The number of alkyl halides is 12. The van der Waals surface area contributed by atoms with E-state index in [-0.39, 0.29) is 47.3 Å². The molecule has 0 atom stereocenters. The van der Waals surface area contributed by atoms with E-state index in [1.165, 1.54) is 71.9 Å². The van der Waals surface area contributed by atoms with Crippen LogP contribution >= 0.6 is 45.3 Å². The normalized spacial score (nSPS) is 19.1. The van der Waals surface area contributed by atoms with Crippen LogP contribution in [0.5, 0.6) is 0 Å². The molecule has 3 aromatic carbocycles. The van der Waals surface area contributed by atoms with Gasteiger partial charge in [-0.15, -0.1) is 45.3 Å². The maximum atomic E-state index is 16.3. The number of hydrogen-bond donors (Lipinski definition) is 0. The van der Waals surface area contributed by atoms with E-state index in [9.17, 15) is 0 Å². The Morgan fingerprint density at radius 3 is 1.12 bits per heavy atom. The van der Waals surface area contributed by atoms with Gasteiger partial charge in [-0.05, 0) is 104 Å². The Hall–Kier alpha value is -4.90. The van der Waals surface area contributed by atoms with Gasteiger partial charge in [0.25, 0.3) is 0 Å². The van der Waals surface area contributed by atoms with Crippen LogP contribution in [0.2, 0.25) is 0 Å². The molecule has 0 amide bonds. The molecule has 0 bridgehead atoms. The van der Waals surface area contributed by atoms with E-state index in [1.807, 2.05) is 0 Å². The largest absolute Gasteiger partial charge is 0.380 e. The van der Waals surface area contributed by atoms with E-state index in [0.717, 1.165) is 22.7 Å². The topological polar surface area (TPSA) is 0 Å². The summed E-state index contributed by atoms with van der Waals surface area (Å²) in [5, 5.41) is 0. The fourth-order valence-electron chi connectivity index (χ4n) is 9.07. The number of aryl methyl sites for hydroxylation is 4. The maximum Gasteiger partial charge on any atom is 0.380 e. The third kappa shape index (κ3) is 6.36. The molecule has 0 saturated carbocycles. The molecule has 0 radical (unpaired) electrons. The molecule has 342 valence electrons. The number of thiophene rings is 4. The zero-order valence-electron chi connectivity index (χ0n) is 35.4. The highest BCUT2D eigenvalue weighted by Crippen LogP contribution is 2.69. The highest BCUT2D eigenvalue weighted by molar-refractivity contribution is 7.18. The summed E-state index contributed by atoms with van der Waals surface area (Å²) >= 11 is 3.22. The molecule has 7 aromatic rings. The van der Waals surface area contributed by atoms with Crippen molar-refractivity contribution in [2.24, 2.45) is 0 Å². The Morgan fingerprint density at radius 1 is 0.333 bits per heavy atom. The van der Waals surface area contributed by atoms with Crippen molar-refractivity contribution in [3.63, 3.8) is 0 Å². The van der Waals surface area contributed by atoms with Gasteiger partial charge in [-0.25, -0.2) is 0 Å². The predicted molar refractivity (Wildman–Crippen MR) is 244 cm³/mol. The lowest BCUT2D eigenvalue weighted by Crippen LogP contribution is -2.49. The lowest BCUT2D eigenvalue weighted by atomic mass is 9.89. The molecule has 0 unspecified atom stereocenters. The third-order valence-electron chi connectivity index (χ3n) is 12.3. The van der Waals surface area contributed by atoms with Crippen LogP contribution in [-0.4, -0.2) is 35.5 Å². The van der Waals surface area contributed by atoms with Crippen LogP contribution in [-0.2, 0) is 0 Å². The first kappa shape index (κ1) is 46.2. The van der Waals surface area contributed by atoms with E-state index >= 15 is 52.7 Å². The van der Waals surface area contributed by atoms with Gasteiger partial charge < -0.3 is 0 Å². The number of halogens is 12. The van der Waals surface area contributed by atoms with Gasteiger partial charge >= 0.3 is 35.5 Å². The first-order valence-corrected chi connectivity index (χ1v) is 23.5. The fourth-order valence-corrected chi connectivity index (χ4v) is 13.9. The Morgan fingerprint density at radius 2 is 0.682 bits per heavy atom. The highest BCUT2D eigenvalue weighted by atomic mass is 32.1. The van der Waals surface area contributed by atoms with Crippen molar-refractivity contribution in [1.82, 2.24) is 0 Å². The third-order valence-corrected chi connectivity index (χ3v) is 17.4. The van der Waals surface area contributed by atoms with E-state index in [1.54, 1.807) is 66.7 Å². The van der Waals surface area contributed by atoms with Gasteiger partial charge in [-0.2, -0.15) is 52.7 Å². The summed E-state index contributed by atoms with van der Waals surface area (Å²) in [7, 11) is 0. The van der Waals surface area contributed by atoms with Crippen molar-refractivity contribution in [3.05, 3.63) is 150 Å². The molecule has 16 heteroatoms. The molecule has 0 fully saturated rings. The molecular formula is C50H34F12S4. The monoisotopic (exact) mass is 990 g/mol. The van der Waals surface area contributed by atoms with Crippen molar-refractivity contribution < 1.29 is 52.7 Å². The molecule has 9 rings (SSSR count). The average molecular weight is 991 g/mol. The summed E-state index contributed by atoms with van der Waals surface area (Å²) in [6.45, 7) is 8.31. The lowest BCUT2D eigenvalue weighted by Gasteiger charge is -2.26.